The number of hydrogen-bond acceptors (Lipinski definition) is 6. The van der Waals surface area contributed by atoms with E-state index in [1.165, 1.54) is 30.2 Å². The van der Waals surface area contributed by atoms with Crippen LogP contribution >= 0.6 is 0 Å². The maximum Gasteiger partial charge on any atom is 0.272 e. The van der Waals surface area contributed by atoms with E-state index < -0.39 is 16.7 Å². The summed E-state index contributed by atoms with van der Waals surface area (Å²) in [6.07, 6.45) is -0.0274. The molecule has 2 rings (SSSR count). The molecule has 0 bridgehead atoms. The van der Waals surface area contributed by atoms with Gasteiger partial charge in [-0.15, -0.1) is 0 Å². The van der Waals surface area contributed by atoms with Gasteiger partial charge in [-0.1, -0.05) is 12.1 Å². The molecule has 0 aliphatic carbocycles. The highest BCUT2D eigenvalue weighted by Gasteiger charge is 2.21. The molecule has 0 aromatic heterocycles. The van der Waals surface area contributed by atoms with E-state index in [1.807, 2.05) is 0 Å². The van der Waals surface area contributed by atoms with Gasteiger partial charge in [-0.05, 0) is 31.2 Å². The van der Waals surface area contributed by atoms with E-state index in [0.29, 0.717) is 22.7 Å². The first-order valence-corrected chi connectivity index (χ1v) is 8.43. The maximum absolute atomic E-state index is 12.7. The van der Waals surface area contributed by atoms with E-state index in [-0.39, 0.29) is 25.3 Å². The van der Waals surface area contributed by atoms with Crippen LogP contribution < -0.4 is 20.1 Å². The second-order valence-corrected chi connectivity index (χ2v) is 5.93. The minimum atomic E-state index is -0.542. The molecule has 9 nitrogen and oxygen atoms in total. The number of benzene rings is 2. The highest BCUT2D eigenvalue weighted by atomic mass is 16.6. The van der Waals surface area contributed by atoms with Gasteiger partial charge in [0, 0.05) is 24.6 Å². The lowest BCUT2D eigenvalue weighted by atomic mass is 10.2. The number of carbonyl (C=O) groups is 2. The Balaban J connectivity index is 2.17. The Morgan fingerprint density at radius 2 is 1.93 bits per heavy atom. The zero-order chi connectivity index (χ0) is 20.7. The number of rotatable bonds is 9. The average molecular weight is 387 g/mol. The average Bonchev–Trinajstić information content (AvgIpc) is 2.66. The monoisotopic (exact) mass is 387 g/mol. The molecule has 0 heterocycles. The summed E-state index contributed by atoms with van der Waals surface area (Å²) in [5.74, 6) is -0.167. The molecule has 0 aliphatic heterocycles. The van der Waals surface area contributed by atoms with Crippen LogP contribution in [0.1, 0.15) is 12.0 Å². The van der Waals surface area contributed by atoms with E-state index in [2.05, 4.69) is 0 Å². The smallest absolute Gasteiger partial charge is 0.272 e. The number of nitrogens with zero attached hydrogens (tertiary/aromatic N) is 2. The van der Waals surface area contributed by atoms with Crippen molar-refractivity contribution in [1.82, 2.24) is 0 Å². The molecule has 2 N–H and O–H groups in total. The molecule has 9 heteroatoms. The molecule has 0 spiro atoms. The zero-order valence-electron chi connectivity index (χ0n) is 15.6. The van der Waals surface area contributed by atoms with Gasteiger partial charge in [-0.2, -0.15) is 0 Å². The lowest BCUT2D eigenvalue weighted by Crippen LogP contribution is -2.37. The molecule has 0 saturated heterocycles. The number of ether oxygens (including phenoxy) is 2. The van der Waals surface area contributed by atoms with Gasteiger partial charge >= 0.3 is 0 Å². The molecular weight excluding hydrogens is 366 g/mol. The fourth-order valence-electron chi connectivity index (χ4n) is 2.60. The van der Waals surface area contributed by atoms with Crippen LogP contribution in [0, 0.1) is 17.0 Å². The Labute approximate surface area is 161 Å². The van der Waals surface area contributed by atoms with Gasteiger partial charge in [0.2, 0.25) is 5.91 Å². The quantitative estimate of drug-likeness (QED) is 0.519. The number of carbonyl (C=O) groups excluding carboxylic acids is 2. The van der Waals surface area contributed by atoms with Crippen LogP contribution in [-0.4, -0.2) is 37.0 Å². The summed E-state index contributed by atoms with van der Waals surface area (Å²) < 4.78 is 10.8. The summed E-state index contributed by atoms with van der Waals surface area (Å²) in [5, 5.41) is 10.9. The van der Waals surface area contributed by atoms with Gasteiger partial charge in [-0.3, -0.25) is 19.7 Å². The summed E-state index contributed by atoms with van der Waals surface area (Å²) in [5.41, 5.74) is 6.09. The van der Waals surface area contributed by atoms with Crippen molar-refractivity contribution in [1.29, 1.82) is 0 Å². The Morgan fingerprint density at radius 3 is 2.54 bits per heavy atom. The number of primary amides is 1. The topological polar surface area (TPSA) is 125 Å². The van der Waals surface area contributed by atoms with Crippen molar-refractivity contribution >= 4 is 23.2 Å². The van der Waals surface area contributed by atoms with Gasteiger partial charge in [-0.25, -0.2) is 0 Å². The minimum absolute atomic E-state index is 0.0274. The molecule has 2 aromatic carbocycles. The molecule has 0 atom stereocenters. The molecule has 0 fully saturated rings. The number of nitro groups is 1. The first kappa shape index (κ1) is 20.7. The van der Waals surface area contributed by atoms with Crippen molar-refractivity contribution in [2.24, 2.45) is 5.73 Å². The van der Waals surface area contributed by atoms with Crippen LogP contribution in [-0.2, 0) is 9.59 Å². The van der Waals surface area contributed by atoms with Crippen molar-refractivity contribution in [2.45, 2.75) is 13.3 Å². The van der Waals surface area contributed by atoms with Crippen molar-refractivity contribution in [3.05, 3.63) is 58.1 Å². The number of para-hydroxylation sites is 2. The second-order valence-electron chi connectivity index (χ2n) is 5.93. The normalized spacial score (nSPS) is 10.2. The molecule has 2 amide bonds. The van der Waals surface area contributed by atoms with Crippen LogP contribution in [0.15, 0.2) is 42.5 Å². The zero-order valence-corrected chi connectivity index (χ0v) is 15.6. The molecule has 0 radical (unpaired) electrons. The van der Waals surface area contributed by atoms with Crippen molar-refractivity contribution in [3.8, 4) is 11.5 Å². The van der Waals surface area contributed by atoms with Crippen molar-refractivity contribution in [3.63, 3.8) is 0 Å². The third-order valence-electron chi connectivity index (χ3n) is 3.99. The van der Waals surface area contributed by atoms with E-state index in [9.17, 15) is 19.7 Å². The summed E-state index contributed by atoms with van der Waals surface area (Å²) in [4.78, 5) is 35.7. The summed E-state index contributed by atoms with van der Waals surface area (Å²) in [7, 11) is 1.48. The SMILES string of the molecule is COc1ccccc1N(CCC(N)=O)C(=O)COc1ccc([N+](=O)[O-])c(C)c1. The fraction of sp³-hybridized carbons (Fsp3) is 0.263. The Morgan fingerprint density at radius 1 is 1.21 bits per heavy atom. The van der Waals surface area contributed by atoms with E-state index in [0.717, 1.165) is 0 Å². The van der Waals surface area contributed by atoms with Gasteiger partial charge in [0.15, 0.2) is 6.61 Å². The fourth-order valence-corrected chi connectivity index (χ4v) is 2.60. The largest absolute Gasteiger partial charge is 0.495 e. The summed E-state index contributed by atoms with van der Waals surface area (Å²) in [6.45, 7) is 1.33. The second kappa shape index (κ2) is 9.36. The van der Waals surface area contributed by atoms with Crippen molar-refractivity contribution < 1.29 is 24.0 Å². The maximum atomic E-state index is 12.7. The number of methoxy groups -OCH3 is 1. The lowest BCUT2D eigenvalue weighted by molar-refractivity contribution is -0.385. The van der Waals surface area contributed by atoms with Gasteiger partial charge in [0.25, 0.3) is 11.6 Å². The first-order chi connectivity index (χ1) is 13.3. The number of nitro benzene ring substituents is 1. The molecule has 0 saturated carbocycles. The Kier molecular flexibility index (Phi) is 6.91. The summed E-state index contributed by atoms with van der Waals surface area (Å²) in [6, 6.07) is 11.1. The standard InChI is InChI=1S/C19H21N3O6/c1-13-11-14(7-8-15(13)22(25)26)28-12-19(24)21(10-9-18(20)23)16-5-3-4-6-17(16)27-2/h3-8,11H,9-10,12H2,1-2H3,(H2,20,23). The Bertz CT molecular complexity index is 884. The number of aryl methyl sites for hydroxylation is 1. The predicted molar refractivity (Wildman–Crippen MR) is 102 cm³/mol. The molecule has 28 heavy (non-hydrogen) atoms. The highest BCUT2D eigenvalue weighted by Crippen LogP contribution is 2.28. The third-order valence-corrected chi connectivity index (χ3v) is 3.99. The first-order valence-electron chi connectivity index (χ1n) is 8.43. The molecule has 148 valence electrons. The van der Waals surface area contributed by atoms with Gasteiger partial charge in [0.1, 0.15) is 11.5 Å². The van der Waals surface area contributed by atoms with E-state index in [1.54, 1.807) is 31.2 Å². The lowest BCUT2D eigenvalue weighted by Gasteiger charge is -2.24. The highest BCUT2D eigenvalue weighted by molar-refractivity contribution is 5.96. The summed E-state index contributed by atoms with van der Waals surface area (Å²) >= 11 is 0. The molecule has 2 aromatic rings. The van der Waals surface area contributed by atoms with Crippen LogP contribution in [0.3, 0.4) is 0 Å². The van der Waals surface area contributed by atoms with Gasteiger partial charge < -0.3 is 20.1 Å². The molecule has 0 unspecified atom stereocenters. The van der Waals surface area contributed by atoms with Crippen LogP contribution in [0.4, 0.5) is 11.4 Å². The van der Waals surface area contributed by atoms with Gasteiger partial charge in [0.05, 0.1) is 17.7 Å². The predicted octanol–water partition coefficient (Wildman–Crippen LogP) is 2.20. The number of amides is 2. The number of nitrogens with two attached hydrogens (primary N) is 1. The molecule has 0 aliphatic rings. The minimum Gasteiger partial charge on any atom is -0.495 e. The Hall–Kier alpha value is -3.62. The number of anilines is 1. The third kappa shape index (κ3) is 5.19. The number of hydrogen-bond donors (Lipinski definition) is 1. The van der Waals surface area contributed by atoms with Crippen LogP contribution in [0.5, 0.6) is 11.5 Å². The van der Waals surface area contributed by atoms with E-state index in [4.69, 9.17) is 15.2 Å². The van der Waals surface area contributed by atoms with Crippen LogP contribution in [0.25, 0.3) is 0 Å². The van der Waals surface area contributed by atoms with Crippen LogP contribution in [0.2, 0.25) is 0 Å². The molecular formula is C19H21N3O6. The van der Waals surface area contributed by atoms with Crippen molar-refractivity contribution in [2.75, 3.05) is 25.2 Å². The van der Waals surface area contributed by atoms with E-state index >= 15 is 0 Å².